The number of hydrogen-bond donors (Lipinski definition) is 0. The van der Waals surface area contributed by atoms with E-state index in [4.69, 9.17) is 9.47 Å². The van der Waals surface area contributed by atoms with E-state index in [1.165, 1.54) is 38.1 Å². The molecule has 21 heavy (non-hydrogen) atoms. The van der Waals surface area contributed by atoms with Crippen LogP contribution < -0.4 is 9.47 Å². The van der Waals surface area contributed by atoms with Crippen molar-refractivity contribution in [2.45, 2.75) is 4.90 Å². The molecule has 0 N–H and O–H groups in total. The zero-order chi connectivity index (χ0) is 15.2. The van der Waals surface area contributed by atoms with Crippen molar-refractivity contribution in [3.8, 4) is 11.5 Å². The van der Waals surface area contributed by atoms with Crippen molar-refractivity contribution < 1.29 is 18.7 Å². The number of Topliss-reactive ketones (excluding diaryl/α,β-unsaturated/α-hetero) is 1. The predicted molar refractivity (Wildman–Crippen MR) is 81.0 cm³/mol. The second-order valence-electron chi connectivity index (χ2n) is 4.24. The summed E-state index contributed by atoms with van der Waals surface area (Å²) >= 11 is 1.28. The Morgan fingerprint density at radius 3 is 2.62 bits per heavy atom. The molecule has 0 bridgehead atoms. The van der Waals surface area contributed by atoms with Gasteiger partial charge in [-0.3, -0.25) is 4.79 Å². The molecule has 3 nitrogen and oxygen atoms in total. The number of benzene rings is 2. The van der Waals surface area contributed by atoms with Crippen LogP contribution in [0.2, 0.25) is 0 Å². The highest BCUT2D eigenvalue weighted by atomic mass is 32.2. The van der Waals surface area contributed by atoms with Crippen LogP contribution in [-0.2, 0) is 0 Å². The summed E-state index contributed by atoms with van der Waals surface area (Å²) in [7, 11) is 3.05. The molecule has 0 radical (unpaired) electrons. The van der Waals surface area contributed by atoms with Crippen molar-refractivity contribution in [2.75, 3.05) is 20.0 Å². The zero-order valence-corrected chi connectivity index (χ0v) is 12.6. The van der Waals surface area contributed by atoms with Gasteiger partial charge in [-0.25, -0.2) is 4.39 Å². The van der Waals surface area contributed by atoms with Crippen LogP contribution in [0.15, 0.2) is 47.4 Å². The quantitative estimate of drug-likeness (QED) is 0.600. The number of carbonyl (C=O) groups is 1. The summed E-state index contributed by atoms with van der Waals surface area (Å²) in [5, 5.41) is 0. The van der Waals surface area contributed by atoms with Gasteiger partial charge in [0.2, 0.25) is 0 Å². The molecule has 0 unspecified atom stereocenters. The molecule has 110 valence electrons. The van der Waals surface area contributed by atoms with Gasteiger partial charge in [-0.15, -0.1) is 11.8 Å². The monoisotopic (exact) mass is 306 g/mol. The molecule has 2 aromatic carbocycles. The summed E-state index contributed by atoms with van der Waals surface area (Å²) in [6.45, 7) is 0. The van der Waals surface area contributed by atoms with Crippen molar-refractivity contribution in [1.29, 1.82) is 0 Å². The normalized spacial score (nSPS) is 10.2. The number of halogens is 1. The molecule has 0 aliphatic carbocycles. The Morgan fingerprint density at radius 1 is 1.14 bits per heavy atom. The van der Waals surface area contributed by atoms with Crippen molar-refractivity contribution in [2.24, 2.45) is 0 Å². The number of hydrogen-bond acceptors (Lipinski definition) is 4. The SMILES string of the molecule is COc1ccc(OC)c(C(=O)CSc2cccc(F)c2)c1. The van der Waals surface area contributed by atoms with Gasteiger partial charge < -0.3 is 9.47 Å². The Labute approximate surface area is 127 Å². The topological polar surface area (TPSA) is 35.5 Å². The largest absolute Gasteiger partial charge is 0.497 e. The summed E-state index contributed by atoms with van der Waals surface area (Å²) in [5.74, 6) is 0.884. The van der Waals surface area contributed by atoms with Crippen LogP contribution in [0.1, 0.15) is 10.4 Å². The molecule has 0 atom stereocenters. The maximum Gasteiger partial charge on any atom is 0.176 e. The van der Waals surface area contributed by atoms with E-state index in [2.05, 4.69) is 0 Å². The first kappa shape index (κ1) is 15.4. The number of methoxy groups -OCH3 is 2. The molecule has 0 spiro atoms. The van der Waals surface area contributed by atoms with E-state index in [1.807, 2.05) is 0 Å². The molecule has 0 aliphatic heterocycles. The second kappa shape index (κ2) is 7.13. The van der Waals surface area contributed by atoms with Crippen LogP contribution in [0.25, 0.3) is 0 Å². The first-order chi connectivity index (χ1) is 10.1. The summed E-state index contributed by atoms with van der Waals surface area (Å²) in [5.41, 5.74) is 0.459. The minimum atomic E-state index is -0.314. The van der Waals surface area contributed by atoms with E-state index in [9.17, 15) is 9.18 Å². The third kappa shape index (κ3) is 3.98. The number of ether oxygens (including phenoxy) is 2. The van der Waals surface area contributed by atoms with Gasteiger partial charge in [0.25, 0.3) is 0 Å². The average molecular weight is 306 g/mol. The highest BCUT2D eigenvalue weighted by Gasteiger charge is 2.14. The predicted octanol–water partition coefficient (Wildman–Crippen LogP) is 3.82. The lowest BCUT2D eigenvalue weighted by Crippen LogP contribution is -2.05. The van der Waals surface area contributed by atoms with Crippen LogP contribution >= 0.6 is 11.8 Å². The summed E-state index contributed by atoms with van der Waals surface area (Å²) in [6, 6.07) is 11.2. The molecule has 0 aromatic heterocycles. The van der Waals surface area contributed by atoms with Gasteiger partial charge in [0, 0.05) is 4.90 Å². The summed E-state index contributed by atoms with van der Waals surface area (Å²) in [4.78, 5) is 13.0. The maximum absolute atomic E-state index is 13.1. The van der Waals surface area contributed by atoms with Gasteiger partial charge in [0.1, 0.15) is 17.3 Å². The standard InChI is InChI=1S/C16H15FO3S/c1-19-12-6-7-16(20-2)14(9-12)15(18)10-21-13-5-3-4-11(17)8-13/h3-9H,10H2,1-2H3. The third-order valence-corrected chi connectivity index (χ3v) is 3.87. The summed E-state index contributed by atoms with van der Waals surface area (Å²) < 4.78 is 23.4. The number of ketones is 1. The van der Waals surface area contributed by atoms with Crippen molar-refractivity contribution >= 4 is 17.5 Å². The Hall–Kier alpha value is -2.01. The highest BCUT2D eigenvalue weighted by Crippen LogP contribution is 2.27. The maximum atomic E-state index is 13.1. The van der Waals surface area contributed by atoms with Crippen molar-refractivity contribution in [1.82, 2.24) is 0 Å². The van der Waals surface area contributed by atoms with Crippen molar-refractivity contribution in [3.05, 3.63) is 53.8 Å². The molecule has 2 aromatic rings. The minimum absolute atomic E-state index is 0.0972. The van der Waals surface area contributed by atoms with Crippen LogP contribution in [-0.4, -0.2) is 25.8 Å². The molecule has 0 heterocycles. The number of thioether (sulfide) groups is 1. The molecular formula is C16H15FO3S. The lowest BCUT2D eigenvalue weighted by molar-refractivity contribution is 0.101. The van der Waals surface area contributed by atoms with Gasteiger partial charge in [0.05, 0.1) is 25.5 Å². The summed E-state index contributed by atoms with van der Waals surface area (Å²) in [6.07, 6.45) is 0. The molecule has 0 amide bonds. The van der Waals surface area contributed by atoms with E-state index in [0.717, 1.165) is 0 Å². The van der Waals surface area contributed by atoms with Crippen LogP contribution in [0.3, 0.4) is 0 Å². The van der Waals surface area contributed by atoms with Gasteiger partial charge in [-0.1, -0.05) is 6.07 Å². The minimum Gasteiger partial charge on any atom is -0.497 e. The first-order valence-corrected chi connectivity index (χ1v) is 7.26. The molecule has 0 fully saturated rings. The number of carbonyl (C=O) groups excluding carboxylic acids is 1. The fourth-order valence-corrected chi connectivity index (χ4v) is 2.64. The van der Waals surface area contributed by atoms with Gasteiger partial charge >= 0.3 is 0 Å². The van der Waals surface area contributed by atoms with E-state index in [0.29, 0.717) is 22.0 Å². The smallest absolute Gasteiger partial charge is 0.176 e. The van der Waals surface area contributed by atoms with E-state index in [1.54, 1.807) is 30.3 Å². The Kier molecular flexibility index (Phi) is 5.22. The van der Waals surface area contributed by atoms with Crippen LogP contribution in [0.5, 0.6) is 11.5 Å². The van der Waals surface area contributed by atoms with Gasteiger partial charge in [0.15, 0.2) is 5.78 Å². The molecule has 2 rings (SSSR count). The fraction of sp³-hybridized carbons (Fsp3) is 0.188. The zero-order valence-electron chi connectivity index (χ0n) is 11.8. The molecule has 0 aliphatic rings. The second-order valence-corrected chi connectivity index (χ2v) is 5.28. The molecular weight excluding hydrogens is 291 g/mol. The van der Waals surface area contributed by atoms with E-state index < -0.39 is 0 Å². The molecule has 0 saturated carbocycles. The number of rotatable bonds is 6. The fourth-order valence-electron chi connectivity index (χ4n) is 1.82. The third-order valence-electron chi connectivity index (χ3n) is 2.87. The Balaban J connectivity index is 2.12. The Bertz CT molecular complexity index is 643. The molecule has 5 heteroatoms. The Morgan fingerprint density at radius 2 is 1.95 bits per heavy atom. The van der Waals surface area contributed by atoms with Crippen LogP contribution in [0.4, 0.5) is 4.39 Å². The van der Waals surface area contributed by atoms with Gasteiger partial charge in [-0.05, 0) is 36.4 Å². The van der Waals surface area contributed by atoms with E-state index in [-0.39, 0.29) is 17.4 Å². The highest BCUT2D eigenvalue weighted by molar-refractivity contribution is 8.00. The van der Waals surface area contributed by atoms with Crippen LogP contribution in [0, 0.1) is 5.82 Å². The first-order valence-electron chi connectivity index (χ1n) is 6.27. The average Bonchev–Trinajstić information content (AvgIpc) is 2.52. The molecule has 0 saturated heterocycles. The lowest BCUT2D eigenvalue weighted by atomic mass is 10.1. The van der Waals surface area contributed by atoms with Crippen molar-refractivity contribution in [3.63, 3.8) is 0 Å². The van der Waals surface area contributed by atoms with E-state index >= 15 is 0 Å². The lowest BCUT2D eigenvalue weighted by Gasteiger charge is -2.09. The van der Waals surface area contributed by atoms with Gasteiger partial charge in [-0.2, -0.15) is 0 Å².